The van der Waals surface area contributed by atoms with Crippen LogP contribution >= 0.6 is 0 Å². The van der Waals surface area contributed by atoms with Crippen molar-refractivity contribution in [1.82, 2.24) is 5.48 Å². The molecule has 1 amide bonds. The fraction of sp³-hybridized carbons (Fsp3) is 0.0417. The summed E-state index contributed by atoms with van der Waals surface area (Å²) in [5.74, 6) is -1.73. The molecule has 0 aliphatic carbocycles. The lowest BCUT2D eigenvalue weighted by atomic mass is 9.94. The fourth-order valence-electron chi connectivity index (χ4n) is 3.04. The summed E-state index contributed by atoms with van der Waals surface area (Å²) in [6.45, 7) is 0. The third kappa shape index (κ3) is 5.43. The lowest BCUT2D eigenvalue weighted by molar-refractivity contribution is -0.128. The molecule has 3 aromatic rings. The number of nitrogens with zero attached hydrogens (tertiary/aromatic N) is 1. The van der Waals surface area contributed by atoms with Crippen LogP contribution in [0.5, 0.6) is 0 Å². The molecule has 0 spiro atoms. The highest BCUT2D eigenvalue weighted by Crippen LogP contribution is 2.25. The van der Waals surface area contributed by atoms with E-state index in [1.165, 1.54) is 12.1 Å². The highest BCUT2D eigenvalue weighted by Gasteiger charge is 2.19. The minimum absolute atomic E-state index is 0.0864. The number of benzene rings is 3. The number of nitrogens with one attached hydrogen (secondary N) is 1. The van der Waals surface area contributed by atoms with E-state index in [9.17, 15) is 14.7 Å². The molecule has 0 bridgehead atoms. The van der Waals surface area contributed by atoms with Crippen molar-refractivity contribution in [1.29, 1.82) is 0 Å². The molecule has 5 N–H and O–H groups in total. The van der Waals surface area contributed by atoms with Gasteiger partial charge in [-0.2, -0.15) is 0 Å². The first kappa shape index (κ1) is 21.5. The lowest BCUT2D eigenvalue weighted by Crippen LogP contribution is -2.23. The van der Waals surface area contributed by atoms with E-state index in [1.54, 1.807) is 29.7 Å². The van der Waals surface area contributed by atoms with Crippen molar-refractivity contribution in [3.05, 3.63) is 107 Å². The van der Waals surface area contributed by atoms with Crippen LogP contribution in [-0.4, -0.2) is 27.9 Å². The molecule has 0 aliphatic heterocycles. The molecule has 0 aromatic heterocycles. The molecule has 7 heteroatoms. The predicted molar refractivity (Wildman–Crippen MR) is 118 cm³/mol. The Morgan fingerprint density at radius 3 is 2.00 bits per heavy atom. The SMILES string of the molecule is NC(=C(CC(=O)NO)C(=Nc1cccc(C(=O)O)c1)c1ccccc1)c1ccccc1. The molecule has 0 unspecified atom stereocenters. The highest BCUT2D eigenvalue weighted by atomic mass is 16.5. The summed E-state index contributed by atoms with van der Waals surface area (Å²) in [5.41, 5.74) is 11.0. The van der Waals surface area contributed by atoms with Gasteiger partial charge in [0.1, 0.15) is 0 Å². The quantitative estimate of drug-likeness (QED) is 0.266. The standard InChI is InChI=1S/C24H21N3O4/c25-22(16-8-3-1-4-9-16)20(15-21(28)27-31)23(17-10-5-2-6-11-17)26-19-13-7-12-18(14-19)24(29)30/h1-14,31H,15,25H2,(H,27,28)(H,29,30). The average molecular weight is 415 g/mol. The molecule has 3 aromatic carbocycles. The Morgan fingerprint density at radius 2 is 1.42 bits per heavy atom. The van der Waals surface area contributed by atoms with Gasteiger partial charge in [-0.1, -0.05) is 66.7 Å². The number of aromatic carboxylic acids is 1. The molecule has 0 radical (unpaired) electrons. The van der Waals surface area contributed by atoms with Gasteiger partial charge in [-0.3, -0.25) is 10.0 Å². The predicted octanol–water partition coefficient (Wildman–Crippen LogP) is 3.77. The van der Waals surface area contributed by atoms with Crippen LogP contribution in [0.3, 0.4) is 0 Å². The van der Waals surface area contributed by atoms with Crippen molar-refractivity contribution >= 4 is 29.0 Å². The minimum atomic E-state index is -1.07. The smallest absolute Gasteiger partial charge is 0.335 e. The molecular formula is C24H21N3O4. The molecule has 0 aliphatic rings. The first-order valence-electron chi connectivity index (χ1n) is 9.44. The van der Waals surface area contributed by atoms with Crippen LogP contribution in [0.1, 0.15) is 27.9 Å². The van der Waals surface area contributed by atoms with Crippen LogP contribution in [0.15, 0.2) is 95.5 Å². The number of nitrogens with two attached hydrogens (primary N) is 1. The fourth-order valence-corrected chi connectivity index (χ4v) is 3.04. The number of hydrogen-bond acceptors (Lipinski definition) is 5. The Labute approximate surface area is 179 Å². The Bertz CT molecular complexity index is 1140. The van der Waals surface area contributed by atoms with E-state index in [0.29, 0.717) is 33.8 Å². The van der Waals surface area contributed by atoms with Gasteiger partial charge in [0, 0.05) is 16.8 Å². The first-order chi connectivity index (χ1) is 15.0. The normalized spacial score (nSPS) is 12.1. The van der Waals surface area contributed by atoms with E-state index in [2.05, 4.69) is 4.99 Å². The summed E-state index contributed by atoms with van der Waals surface area (Å²) < 4.78 is 0. The van der Waals surface area contributed by atoms with E-state index >= 15 is 0 Å². The molecule has 156 valence electrons. The summed E-state index contributed by atoms with van der Waals surface area (Å²) >= 11 is 0. The van der Waals surface area contributed by atoms with Gasteiger partial charge < -0.3 is 10.8 Å². The highest BCUT2D eigenvalue weighted by molar-refractivity contribution is 6.19. The van der Waals surface area contributed by atoms with E-state index in [-0.39, 0.29) is 12.0 Å². The van der Waals surface area contributed by atoms with Gasteiger partial charge in [-0.25, -0.2) is 15.3 Å². The zero-order valence-corrected chi connectivity index (χ0v) is 16.5. The number of hydrogen-bond donors (Lipinski definition) is 4. The maximum Gasteiger partial charge on any atom is 0.335 e. The van der Waals surface area contributed by atoms with Crippen LogP contribution in [0, 0.1) is 0 Å². The van der Waals surface area contributed by atoms with E-state index in [1.807, 2.05) is 48.5 Å². The van der Waals surface area contributed by atoms with Gasteiger partial charge in [-0.15, -0.1) is 0 Å². The van der Waals surface area contributed by atoms with Crippen molar-refractivity contribution in [2.75, 3.05) is 0 Å². The number of carbonyl (C=O) groups excluding carboxylic acids is 1. The van der Waals surface area contributed by atoms with Crippen molar-refractivity contribution in [3.8, 4) is 0 Å². The summed E-state index contributed by atoms with van der Waals surface area (Å²) in [6, 6.07) is 24.4. The molecule has 0 saturated carbocycles. The van der Waals surface area contributed by atoms with Gasteiger partial charge >= 0.3 is 5.97 Å². The second-order valence-corrected chi connectivity index (χ2v) is 6.65. The van der Waals surface area contributed by atoms with Gasteiger partial charge in [0.05, 0.1) is 23.4 Å². The summed E-state index contributed by atoms with van der Waals surface area (Å²) in [7, 11) is 0. The van der Waals surface area contributed by atoms with E-state index in [4.69, 9.17) is 10.9 Å². The van der Waals surface area contributed by atoms with Gasteiger partial charge in [0.2, 0.25) is 5.91 Å². The van der Waals surface area contributed by atoms with Gasteiger partial charge in [0.25, 0.3) is 0 Å². The Morgan fingerprint density at radius 1 is 0.839 bits per heavy atom. The number of amides is 1. The van der Waals surface area contributed by atoms with Crippen molar-refractivity contribution in [2.45, 2.75) is 6.42 Å². The second kappa shape index (κ2) is 10.00. The van der Waals surface area contributed by atoms with Gasteiger partial charge in [0.15, 0.2) is 0 Å². The number of carboxylic acid groups (broad SMARTS) is 1. The maximum absolute atomic E-state index is 12.1. The molecule has 0 atom stereocenters. The van der Waals surface area contributed by atoms with Crippen LogP contribution in [0.4, 0.5) is 5.69 Å². The number of rotatable bonds is 7. The number of carboxylic acids is 1. The molecule has 31 heavy (non-hydrogen) atoms. The molecule has 0 heterocycles. The summed E-state index contributed by atoms with van der Waals surface area (Å²) in [5, 5.41) is 18.4. The number of hydroxylamine groups is 1. The second-order valence-electron chi connectivity index (χ2n) is 6.65. The Kier molecular flexibility index (Phi) is 6.93. The first-order valence-corrected chi connectivity index (χ1v) is 9.44. The van der Waals surface area contributed by atoms with E-state index < -0.39 is 11.9 Å². The third-order valence-corrected chi connectivity index (χ3v) is 4.54. The van der Waals surface area contributed by atoms with Crippen LogP contribution in [0.25, 0.3) is 5.70 Å². The summed E-state index contributed by atoms with van der Waals surface area (Å²) in [6.07, 6.45) is -0.233. The van der Waals surface area contributed by atoms with Gasteiger partial charge in [-0.05, 0) is 23.8 Å². The average Bonchev–Trinajstić information content (AvgIpc) is 2.82. The van der Waals surface area contributed by atoms with Crippen molar-refractivity contribution in [3.63, 3.8) is 0 Å². The zero-order valence-electron chi connectivity index (χ0n) is 16.5. The zero-order chi connectivity index (χ0) is 22.2. The van der Waals surface area contributed by atoms with Crippen LogP contribution in [0.2, 0.25) is 0 Å². The minimum Gasteiger partial charge on any atom is -0.478 e. The third-order valence-electron chi connectivity index (χ3n) is 4.54. The summed E-state index contributed by atoms with van der Waals surface area (Å²) in [4.78, 5) is 28.1. The van der Waals surface area contributed by atoms with Crippen LogP contribution < -0.4 is 11.2 Å². The van der Waals surface area contributed by atoms with Crippen LogP contribution in [-0.2, 0) is 4.79 Å². The Balaban J connectivity index is 2.25. The number of aliphatic imine (C=N–C) groups is 1. The molecule has 7 nitrogen and oxygen atoms in total. The monoisotopic (exact) mass is 415 g/mol. The molecular weight excluding hydrogens is 394 g/mol. The Hall–Kier alpha value is -4.23. The maximum atomic E-state index is 12.1. The molecule has 0 fully saturated rings. The van der Waals surface area contributed by atoms with E-state index in [0.717, 1.165) is 0 Å². The molecule has 0 saturated heterocycles. The topological polar surface area (TPSA) is 125 Å². The molecule has 3 rings (SSSR count). The number of carbonyl (C=O) groups is 2. The van der Waals surface area contributed by atoms with Crippen molar-refractivity contribution < 1.29 is 19.9 Å². The van der Waals surface area contributed by atoms with Crippen molar-refractivity contribution in [2.24, 2.45) is 10.7 Å². The largest absolute Gasteiger partial charge is 0.478 e. The lowest BCUT2D eigenvalue weighted by Gasteiger charge is -2.15.